The molecule has 26 heavy (non-hydrogen) atoms. The molecule has 1 saturated heterocycles. The Kier molecular flexibility index (Phi) is 4.70. The molecule has 1 fully saturated rings. The number of benzene rings is 1. The minimum Gasteiger partial charge on any atom is -0.481 e. The third-order valence-corrected chi connectivity index (χ3v) is 5.37. The lowest BCUT2D eigenvalue weighted by molar-refractivity contribution is -0.125. The van der Waals surface area contributed by atoms with Gasteiger partial charge in [0.15, 0.2) is 0 Å². The number of fused-ring (bicyclic) bond motifs is 1. The van der Waals surface area contributed by atoms with E-state index >= 15 is 0 Å². The van der Waals surface area contributed by atoms with Gasteiger partial charge in [-0.25, -0.2) is 0 Å². The van der Waals surface area contributed by atoms with Gasteiger partial charge in [-0.05, 0) is 58.7 Å². The molecule has 0 aromatic heterocycles. The van der Waals surface area contributed by atoms with E-state index in [0.29, 0.717) is 18.5 Å². The lowest BCUT2D eigenvalue weighted by Gasteiger charge is -2.44. The zero-order chi connectivity index (χ0) is 19.1. The molecular weight excluding hydrogens is 326 g/mol. The normalized spacial score (nSPS) is 18.5. The van der Waals surface area contributed by atoms with E-state index in [2.05, 4.69) is 38.7 Å². The Balaban J connectivity index is 2.38. The van der Waals surface area contributed by atoms with Crippen LogP contribution in [-0.4, -0.2) is 40.9 Å². The number of carbonyl (C=O) groups is 1. The van der Waals surface area contributed by atoms with Crippen LogP contribution in [0.25, 0.3) is 5.70 Å². The first kappa shape index (κ1) is 18.3. The molecule has 0 spiro atoms. The Bertz CT molecular complexity index is 813. The van der Waals surface area contributed by atoms with Crippen molar-refractivity contribution in [2.75, 3.05) is 19.6 Å². The van der Waals surface area contributed by atoms with Crippen LogP contribution < -0.4 is 4.74 Å². The molecule has 1 aromatic rings. The molecule has 1 aromatic carbocycles. The van der Waals surface area contributed by atoms with E-state index in [0.717, 1.165) is 47.8 Å². The zero-order valence-electron chi connectivity index (χ0n) is 16.3. The average Bonchev–Trinajstić information content (AvgIpc) is 3.02. The monoisotopic (exact) mass is 353 g/mol. The molecule has 3 rings (SSSR count). The molecule has 0 bridgehead atoms. The summed E-state index contributed by atoms with van der Waals surface area (Å²) in [6, 6.07) is 5.93. The molecule has 5 nitrogen and oxygen atoms in total. The first-order valence-electron chi connectivity index (χ1n) is 9.38. The molecule has 2 aliphatic rings. The minimum absolute atomic E-state index is 0.148. The summed E-state index contributed by atoms with van der Waals surface area (Å²) in [5.41, 5.74) is 3.79. The molecule has 2 heterocycles. The van der Waals surface area contributed by atoms with Crippen molar-refractivity contribution in [3.8, 4) is 11.8 Å². The number of ether oxygens (including phenoxy) is 1. The Morgan fingerprint density at radius 1 is 1.31 bits per heavy atom. The van der Waals surface area contributed by atoms with E-state index in [-0.39, 0.29) is 5.91 Å². The average molecular weight is 353 g/mol. The number of rotatable bonds is 4. The van der Waals surface area contributed by atoms with Crippen LogP contribution in [0.3, 0.4) is 0 Å². The number of amides is 1. The van der Waals surface area contributed by atoms with Gasteiger partial charge in [-0.3, -0.25) is 4.79 Å². The van der Waals surface area contributed by atoms with Gasteiger partial charge in [-0.2, -0.15) is 5.26 Å². The van der Waals surface area contributed by atoms with E-state index in [1.54, 1.807) is 6.07 Å². The van der Waals surface area contributed by atoms with E-state index in [1.165, 1.54) is 0 Å². The first-order chi connectivity index (χ1) is 12.4. The number of likely N-dealkylation sites (N-methyl/N-ethyl adjacent to an activating group) is 1. The second-order valence-corrected chi connectivity index (χ2v) is 7.35. The molecule has 0 atom stereocenters. The van der Waals surface area contributed by atoms with Crippen molar-refractivity contribution in [1.82, 2.24) is 9.80 Å². The molecule has 0 saturated carbocycles. The van der Waals surface area contributed by atoms with Gasteiger partial charge in [0.1, 0.15) is 11.4 Å². The first-order valence-corrected chi connectivity index (χ1v) is 9.38. The Morgan fingerprint density at radius 3 is 2.54 bits per heavy atom. The largest absolute Gasteiger partial charge is 0.481 e. The van der Waals surface area contributed by atoms with Crippen molar-refractivity contribution in [3.63, 3.8) is 0 Å². The zero-order valence-corrected chi connectivity index (χ0v) is 16.3. The molecule has 1 amide bonds. The van der Waals surface area contributed by atoms with Gasteiger partial charge in [0.25, 0.3) is 0 Å². The Morgan fingerprint density at radius 2 is 2.00 bits per heavy atom. The molecule has 5 heteroatoms. The lowest BCUT2D eigenvalue weighted by Crippen LogP contribution is -2.46. The van der Waals surface area contributed by atoms with Crippen LogP contribution in [0.1, 0.15) is 57.2 Å². The summed E-state index contributed by atoms with van der Waals surface area (Å²) in [5.74, 6) is 0.896. The van der Waals surface area contributed by atoms with Crippen molar-refractivity contribution in [2.24, 2.45) is 0 Å². The van der Waals surface area contributed by atoms with Crippen LogP contribution in [0.5, 0.6) is 5.75 Å². The van der Waals surface area contributed by atoms with Crippen molar-refractivity contribution in [3.05, 3.63) is 34.5 Å². The van der Waals surface area contributed by atoms with Gasteiger partial charge in [0, 0.05) is 31.6 Å². The molecule has 0 unspecified atom stereocenters. The van der Waals surface area contributed by atoms with E-state index in [4.69, 9.17) is 4.74 Å². The predicted octanol–water partition coefficient (Wildman–Crippen LogP) is 3.67. The van der Waals surface area contributed by atoms with Gasteiger partial charge < -0.3 is 14.5 Å². The standard InChI is InChI=1S/C21H27N3O2/c1-6-23(7-2)20-19(24-12-8-9-17(24)25)18-14(3)15(13-22)10-11-16(18)26-21(20,4)5/h10-11H,6-9,12H2,1-5H3. The molecule has 0 radical (unpaired) electrons. The summed E-state index contributed by atoms with van der Waals surface area (Å²) >= 11 is 0. The maximum atomic E-state index is 12.7. The quantitative estimate of drug-likeness (QED) is 0.829. The second-order valence-electron chi connectivity index (χ2n) is 7.35. The fourth-order valence-electron chi connectivity index (χ4n) is 4.13. The Labute approximate surface area is 155 Å². The maximum absolute atomic E-state index is 12.7. The highest BCUT2D eigenvalue weighted by Gasteiger charge is 2.42. The van der Waals surface area contributed by atoms with Crippen LogP contribution in [0.4, 0.5) is 0 Å². The summed E-state index contributed by atoms with van der Waals surface area (Å²) in [4.78, 5) is 16.8. The number of hydrogen-bond acceptors (Lipinski definition) is 4. The Hall–Kier alpha value is -2.48. The summed E-state index contributed by atoms with van der Waals surface area (Å²) in [6.07, 6.45) is 1.43. The van der Waals surface area contributed by atoms with E-state index < -0.39 is 5.60 Å². The third-order valence-electron chi connectivity index (χ3n) is 5.37. The smallest absolute Gasteiger partial charge is 0.227 e. The number of likely N-dealkylation sites (tertiary alicyclic amines) is 1. The maximum Gasteiger partial charge on any atom is 0.227 e. The van der Waals surface area contributed by atoms with Crippen molar-refractivity contribution in [2.45, 2.75) is 53.1 Å². The van der Waals surface area contributed by atoms with Crippen LogP contribution in [-0.2, 0) is 4.79 Å². The number of carbonyl (C=O) groups excluding carboxylic acids is 1. The van der Waals surface area contributed by atoms with Gasteiger partial charge >= 0.3 is 0 Å². The number of nitriles is 1. The highest BCUT2D eigenvalue weighted by molar-refractivity contribution is 5.92. The van der Waals surface area contributed by atoms with Gasteiger partial charge in [-0.1, -0.05) is 0 Å². The summed E-state index contributed by atoms with van der Waals surface area (Å²) in [7, 11) is 0. The van der Waals surface area contributed by atoms with Gasteiger partial charge in [-0.15, -0.1) is 0 Å². The number of hydrogen-bond donors (Lipinski definition) is 0. The summed E-state index contributed by atoms with van der Waals surface area (Å²) < 4.78 is 6.38. The third kappa shape index (κ3) is 2.74. The molecule has 138 valence electrons. The van der Waals surface area contributed by atoms with E-state index in [9.17, 15) is 10.1 Å². The fourth-order valence-corrected chi connectivity index (χ4v) is 4.13. The molecule has 0 aliphatic carbocycles. The lowest BCUT2D eigenvalue weighted by atomic mass is 9.89. The van der Waals surface area contributed by atoms with E-state index in [1.807, 2.05) is 17.9 Å². The minimum atomic E-state index is -0.558. The van der Waals surface area contributed by atoms with Crippen LogP contribution in [0, 0.1) is 18.3 Å². The van der Waals surface area contributed by atoms with Gasteiger partial charge in [0.2, 0.25) is 5.91 Å². The fraction of sp³-hybridized carbons (Fsp3) is 0.524. The SMILES string of the molecule is CCN(CC)C1=C(N2CCCC2=O)c2c(ccc(C#N)c2C)OC1(C)C. The topological polar surface area (TPSA) is 56.6 Å². The van der Waals surface area contributed by atoms with Gasteiger partial charge in [0.05, 0.1) is 23.0 Å². The predicted molar refractivity (Wildman–Crippen MR) is 101 cm³/mol. The van der Waals surface area contributed by atoms with Crippen LogP contribution in [0.2, 0.25) is 0 Å². The molecule has 0 N–H and O–H groups in total. The highest BCUT2D eigenvalue weighted by Crippen LogP contribution is 2.46. The molecular formula is C21H27N3O2. The van der Waals surface area contributed by atoms with Crippen molar-refractivity contribution >= 4 is 11.6 Å². The molecule has 2 aliphatic heterocycles. The number of nitrogens with zero attached hydrogens (tertiary/aromatic N) is 3. The summed E-state index contributed by atoms with van der Waals surface area (Å²) in [6.45, 7) is 12.7. The van der Waals surface area contributed by atoms with Crippen LogP contribution >= 0.6 is 0 Å². The summed E-state index contributed by atoms with van der Waals surface area (Å²) in [5, 5.41) is 9.50. The van der Waals surface area contributed by atoms with Crippen molar-refractivity contribution in [1.29, 1.82) is 5.26 Å². The van der Waals surface area contributed by atoms with Crippen LogP contribution in [0.15, 0.2) is 17.8 Å². The van der Waals surface area contributed by atoms with Crippen molar-refractivity contribution < 1.29 is 9.53 Å². The second kappa shape index (κ2) is 6.68. The highest BCUT2D eigenvalue weighted by atomic mass is 16.5.